The molecule has 0 bridgehead atoms. The standard InChI is InChI=1S/C9H19N3O2/c1-7(13)8-4-2-3-5-12(8)6-9(10)11-14/h7-8,13-14H,2-6H2,1H3,(H2,10,11)/t7-,8+/m1/s1. The molecule has 0 aromatic carbocycles. The topological polar surface area (TPSA) is 82.1 Å². The predicted octanol–water partition coefficient (Wildman–Crippen LogP) is -0.0319. The fraction of sp³-hybridized carbons (Fsp3) is 0.889. The third-order valence-corrected chi connectivity index (χ3v) is 2.71. The predicted molar refractivity (Wildman–Crippen MR) is 54.3 cm³/mol. The van der Waals surface area contributed by atoms with Crippen LogP contribution in [0.4, 0.5) is 0 Å². The van der Waals surface area contributed by atoms with Crippen LogP contribution in [-0.4, -0.2) is 46.3 Å². The first-order valence-electron chi connectivity index (χ1n) is 5.03. The molecule has 0 amide bonds. The first-order valence-corrected chi connectivity index (χ1v) is 5.03. The highest BCUT2D eigenvalue weighted by Crippen LogP contribution is 2.19. The monoisotopic (exact) mass is 201 g/mol. The Kier molecular flexibility index (Phi) is 4.16. The van der Waals surface area contributed by atoms with E-state index in [0.717, 1.165) is 25.8 Å². The molecule has 1 rings (SSSR count). The summed E-state index contributed by atoms with van der Waals surface area (Å²) in [6.07, 6.45) is 2.88. The highest BCUT2D eigenvalue weighted by Gasteiger charge is 2.26. The van der Waals surface area contributed by atoms with Crippen LogP contribution in [0.5, 0.6) is 0 Å². The lowest BCUT2D eigenvalue weighted by atomic mass is 9.98. The van der Waals surface area contributed by atoms with Gasteiger partial charge < -0.3 is 16.0 Å². The lowest BCUT2D eigenvalue weighted by Crippen LogP contribution is -2.49. The Bertz CT molecular complexity index is 206. The molecule has 2 atom stereocenters. The van der Waals surface area contributed by atoms with Crippen molar-refractivity contribution in [2.75, 3.05) is 13.1 Å². The maximum atomic E-state index is 9.55. The largest absolute Gasteiger partial charge is 0.409 e. The van der Waals surface area contributed by atoms with Crippen molar-refractivity contribution < 1.29 is 10.3 Å². The van der Waals surface area contributed by atoms with Crippen molar-refractivity contribution in [2.45, 2.75) is 38.3 Å². The van der Waals surface area contributed by atoms with E-state index in [1.54, 1.807) is 6.92 Å². The van der Waals surface area contributed by atoms with Crippen molar-refractivity contribution in [3.63, 3.8) is 0 Å². The number of hydrogen-bond acceptors (Lipinski definition) is 4. The second-order valence-corrected chi connectivity index (χ2v) is 3.87. The van der Waals surface area contributed by atoms with Gasteiger partial charge in [0.1, 0.15) is 0 Å². The fourth-order valence-corrected chi connectivity index (χ4v) is 2.00. The third kappa shape index (κ3) is 2.85. The number of nitrogens with zero attached hydrogens (tertiary/aromatic N) is 2. The Morgan fingerprint density at radius 2 is 2.36 bits per heavy atom. The molecular formula is C9H19N3O2. The van der Waals surface area contributed by atoms with Crippen LogP contribution in [0.2, 0.25) is 0 Å². The number of piperidine rings is 1. The van der Waals surface area contributed by atoms with E-state index in [-0.39, 0.29) is 18.0 Å². The minimum atomic E-state index is -0.359. The molecule has 0 aromatic rings. The zero-order valence-electron chi connectivity index (χ0n) is 8.56. The van der Waals surface area contributed by atoms with Gasteiger partial charge >= 0.3 is 0 Å². The zero-order chi connectivity index (χ0) is 10.6. The molecule has 0 saturated carbocycles. The molecule has 0 aromatic heterocycles. The van der Waals surface area contributed by atoms with Gasteiger partial charge in [0, 0.05) is 6.04 Å². The SMILES string of the molecule is C[C@@H](O)[C@@H]1CCCCN1CC(N)=NO. The Labute approximate surface area is 84.2 Å². The van der Waals surface area contributed by atoms with Crippen molar-refractivity contribution in [2.24, 2.45) is 10.9 Å². The molecule has 1 fully saturated rings. The van der Waals surface area contributed by atoms with Crippen molar-refractivity contribution in [1.82, 2.24) is 4.90 Å². The summed E-state index contributed by atoms with van der Waals surface area (Å²) in [6, 6.07) is 0.143. The number of oxime groups is 1. The van der Waals surface area contributed by atoms with Gasteiger partial charge in [-0.25, -0.2) is 0 Å². The Morgan fingerprint density at radius 3 is 2.93 bits per heavy atom. The Balaban J connectivity index is 2.54. The van der Waals surface area contributed by atoms with E-state index in [9.17, 15) is 5.11 Å². The molecule has 0 unspecified atom stereocenters. The van der Waals surface area contributed by atoms with Gasteiger partial charge in [-0.2, -0.15) is 0 Å². The van der Waals surface area contributed by atoms with Crippen molar-refractivity contribution in [1.29, 1.82) is 0 Å². The van der Waals surface area contributed by atoms with Crippen molar-refractivity contribution >= 4 is 5.84 Å². The van der Waals surface area contributed by atoms with Gasteiger partial charge in [-0.15, -0.1) is 0 Å². The third-order valence-electron chi connectivity index (χ3n) is 2.71. The Hall–Kier alpha value is -0.810. The number of likely N-dealkylation sites (tertiary alicyclic amines) is 1. The normalized spacial score (nSPS) is 27.6. The molecule has 1 aliphatic heterocycles. The summed E-state index contributed by atoms with van der Waals surface area (Å²) in [7, 11) is 0. The van der Waals surface area contributed by atoms with Crippen LogP contribution in [0.15, 0.2) is 5.16 Å². The second-order valence-electron chi connectivity index (χ2n) is 3.87. The summed E-state index contributed by atoms with van der Waals surface area (Å²) in [5, 5.41) is 21.0. The molecule has 1 heterocycles. The van der Waals surface area contributed by atoms with E-state index in [1.165, 1.54) is 0 Å². The van der Waals surface area contributed by atoms with Gasteiger partial charge in [0.05, 0.1) is 12.6 Å². The highest BCUT2D eigenvalue weighted by atomic mass is 16.4. The number of aliphatic hydroxyl groups is 1. The number of nitrogens with two attached hydrogens (primary N) is 1. The van der Waals surface area contributed by atoms with Crippen LogP contribution in [0.25, 0.3) is 0 Å². The minimum absolute atomic E-state index is 0.143. The van der Waals surface area contributed by atoms with Gasteiger partial charge in [-0.3, -0.25) is 4.90 Å². The van der Waals surface area contributed by atoms with Gasteiger partial charge in [0.25, 0.3) is 0 Å². The first-order chi connectivity index (χ1) is 6.65. The lowest BCUT2D eigenvalue weighted by molar-refractivity contribution is 0.0457. The second kappa shape index (κ2) is 5.17. The summed E-state index contributed by atoms with van der Waals surface area (Å²) < 4.78 is 0. The van der Waals surface area contributed by atoms with E-state index in [1.807, 2.05) is 0 Å². The molecule has 0 aliphatic carbocycles. The van der Waals surface area contributed by atoms with Crippen LogP contribution < -0.4 is 5.73 Å². The van der Waals surface area contributed by atoms with E-state index in [2.05, 4.69) is 10.1 Å². The van der Waals surface area contributed by atoms with Gasteiger partial charge in [-0.1, -0.05) is 11.6 Å². The summed E-state index contributed by atoms with van der Waals surface area (Å²) in [5.74, 6) is 0.206. The molecule has 0 radical (unpaired) electrons. The molecule has 5 nitrogen and oxygen atoms in total. The van der Waals surface area contributed by atoms with Crippen LogP contribution in [0, 0.1) is 0 Å². The fourth-order valence-electron chi connectivity index (χ4n) is 2.00. The number of rotatable bonds is 3. The van der Waals surface area contributed by atoms with Crippen molar-refractivity contribution in [3.05, 3.63) is 0 Å². The first kappa shape index (κ1) is 11.3. The summed E-state index contributed by atoms with van der Waals surface area (Å²) >= 11 is 0. The molecule has 1 aliphatic rings. The maximum absolute atomic E-state index is 9.55. The van der Waals surface area contributed by atoms with Gasteiger partial charge in [0.15, 0.2) is 5.84 Å². The smallest absolute Gasteiger partial charge is 0.153 e. The summed E-state index contributed by atoms with van der Waals surface area (Å²) in [4.78, 5) is 2.07. The van der Waals surface area contributed by atoms with Crippen LogP contribution in [0.3, 0.4) is 0 Å². The van der Waals surface area contributed by atoms with E-state index in [4.69, 9.17) is 10.9 Å². The number of hydrogen-bond donors (Lipinski definition) is 3. The summed E-state index contributed by atoms with van der Waals surface area (Å²) in [5.41, 5.74) is 5.44. The Morgan fingerprint density at radius 1 is 1.64 bits per heavy atom. The molecular weight excluding hydrogens is 182 g/mol. The highest BCUT2D eigenvalue weighted by molar-refractivity contribution is 5.81. The molecule has 1 saturated heterocycles. The van der Waals surface area contributed by atoms with Gasteiger partial charge in [0.2, 0.25) is 0 Å². The molecule has 0 spiro atoms. The summed E-state index contributed by atoms with van der Waals surface area (Å²) in [6.45, 7) is 3.13. The van der Waals surface area contributed by atoms with E-state index < -0.39 is 0 Å². The average molecular weight is 201 g/mol. The van der Waals surface area contributed by atoms with E-state index >= 15 is 0 Å². The van der Waals surface area contributed by atoms with E-state index in [0.29, 0.717) is 6.54 Å². The van der Waals surface area contributed by atoms with Crippen molar-refractivity contribution in [3.8, 4) is 0 Å². The molecule has 5 heteroatoms. The quantitative estimate of drug-likeness (QED) is 0.259. The lowest BCUT2D eigenvalue weighted by Gasteiger charge is -2.36. The average Bonchev–Trinajstić information content (AvgIpc) is 2.18. The molecule has 82 valence electrons. The number of amidine groups is 1. The van der Waals surface area contributed by atoms with Crippen LogP contribution in [-0.2, 0) is 0 Å². The van der Waals surface area contributed by atoms with Gasteiger partial charge in [-0.05, 0) is 26.3 Å². The van der Waals surface area contributed by atoms with Crippen LogP contribution >= 0.6 is 0 Å². The molecule has 4 N–H and O–H groups in total. The maximum Gasteiger partial charge on any atom is 0.153 e. The number of aliphatic hydroxyl groups excluding tert-OH is 1. The molecule has 14 heavy (non-hydrogen) atoms. The van der Waals surface area contributed by atoms with Crippen LogP contribution in [0.1, 0.15) is 26.2 Å². The minimum Gasteiger partial charge on any atom is -0.409 e. The zero-order valence-corrected chi connectivity index (χ0v) is 8.56.